The van der Waals surface area contributed by atoms with Gasteiger partial charge in [0.15, 0.2) is 0 Å². The minimum atomic E-state index is -0.339. The molecule has 11 rings (SSSR count). The van der Waals surface area contributed by atoms with Crippen molar-refractivity contribution in [2.45, 2.75) is 15.2 Å². The second-order valence-corrected chi connectivity index (χ2v) is 13.9. The van der Waals surface area contributed by atoms with Crippen molar-refractivity contribution in [1.29, 1.82) is 0 Å². The highest BCUT2D eigenvalue weighted by Crippen LogP contribution is 2.64. The second-order valence-electron chi connectivity index (χ2n) is 12.8. The molecule has 0 amide bonds. The third-order valence-corrected chi connectivity index (χ3v) is 11.8. The number of benzene rings is 8. The van der Waals surface area contributed by atoms with Gasteiger partial charge < -0.3 is 0 Å². The summed E-state index contributed by atoms with van der Waals surface area (Å²) in [6.07, 6.45) is 0. The molecule has 1 unspecified atom stereocenters. The van der Waals surface area contributed by atoms with Crippen LogP contribution in [0.25, 0.3) is 66.1 Å². The monoisotopic (exact) mass is 598 g/mol. The van der Waals surface area contributed by atoms with Gasteiger partial charge in [0.25, 0.3) is 0 Å². The molecule has 1 heterocycles. The van der Waals surface area contributed by atoms with Crippen molar-refractivity contribution in [2.75, 3.05) is 0 Å². The van der Waals surface area contributed by atoms with Crippen LogP contribution < -0.4 is 0 Å². The average molecular weight is 599 g/mol. The van der Waals surface area contributed by atoms with E-state index in [4.69, 9.17) is 0 Å². The molecule has 8 aromatic rings. The molecule has 8 aromatic carbocycles. The first-order valence-electron chi connectivity index (χ1n) is 16.0. The first-order chi connectivity index (χ1) is 22.8. The lowest BCUT2D eigenvalue weighted by atomic mass is 9.70. The quantitative estimate of drug-likeness (QED) is 0.181. The van der Waals surface area contributed by atoms with Gasteiger partial charge in [-0.1, -0.05) is 151 Å². The Morgan fingerprint density at radius 2 is 1.02 bits per heavy atom. The zero-order valence-electron chi connectivity index (χ0n) is 24.9. The van der Waals surface area contributed by atoms with E-state index < -0.39 is 0 Å². The van der Waals surface area contributed by atoms with Crippen molar-refractivity contribution in [3.05, 3.63) is 180 Å². The molecule has 1 aliphatic heterocycles. The molecule has 0 N–H and O–H groups in total. The van der Waals surface area contributed by atoms with Gasteiger partial charge in [0, 0.05) is 15.2 Å². The van der Waals surface area contributed by atoms with Gasteiger partial charge in [-0.2, -0.15) is 0 Å². The summed E-state index contributed by atoms with van der Waals surface area (Å²) in [5, 5.41) is 5.31. The molecule has 1 spiro atoms. The first kappa shape index (κ1) is 24.9. The van der Waals surface area contributed by atoms with E-state index in [1.54, 1.807) is 0 Å². The highest BCUT2D eigenvalue weighted by Gasteiger charge is 2.51. The third-order valence-electron chi connectivity index (χ3n) is 10.7. The number of hydrogen-bond acceptors (Lipinski definition) is 1. The van der Waals surface area contributed by atoms with E-state index in [-0.39, 0.29) is 5.41 Å². The van der Waals surface area contributed by atoms with Crippen LogP contribution in [0.1, 0.15) is 22.3 Å². The predicted molar refractivity (Wildman–Crippen MR) is 193 cm³/mol. The van der Waals surface area contributed by atoms with E-state index in [2.05, 4.69) is 158 Å². The molecule has 1 heteroatoms. The highest BCUT2D eigenvalue weighted by atomic mass is 32.2. The van der Waals surface area contributed by atoms with Crippen LogP contribution in [0.5, 0.6) is 0 Å². The summed E-state index contributed by atoms with van der Waals surface area (Å²) >= 11 is 1.90. The summed E-state index contributed by atoms with van der Waals surface area (Å²) in [6, 6.07) is 59.4. The van der Waals surface area contributed by atoms with E-state index in [0.29, 0.717) is 0 Å². The molecule has 46 heavy (non-hydrogen) atoms. The van der Waals surface area contributed by atoms with E-state index in [1.165, 1.54) is 98.1 Å². The number of fused-ring (bicyclic) bond motifs is 14. The van der Waals surface area contributed by atoms with E-state index in [0.717, 1.165) is 0 Å². The molecule has 2 aliphatic carbocycles. The van der Waals surface area contributed by atoms with Gasteiger partial charge in [0.1, 0.15) is 0 Å². The highest BCUT2D eigenvalue weighted by molar-refractivity contribution is 7.99. The van der Waals surface area contributed by atoms with Gasteiger partial charge in [-0.15, -0.1) is 0 Å². The Balaban J connectivity index is 1.14. The summed E-state index contributed by atoms with van der Waals surface area (Å²) in [5.41, 5.74) is 15.8. The molecule has 0 radical (unpaired) electrons. The molecular weight excluding hydrogens is 573 g/mol. The maximum Gasteiger partial charge on any atom is 0.0725 e. The summed E-state index contributed by atoms with van der Waals surface area (Å²) < 4.78 is 0. The normalized spacial score (nSPS) is 16.3. The van der Waals surface area contributed by atoms with Gasteiger partial charge in [0.2, 0.25) is 0 Å². The molecule has 212 valence electrons. The maximum absolute atomic E-state index is 2.45. The third kappa shape index (κ3) is 3.02. The SMILES string of the molecule is c1ccc2c(c1)-c1cc(-c3ccc4c(c3)Sc3cccc5cccc-4c35)ccc1C21c2ccccc2-c2c1ccc1ccccc21. The van der Waals surface area contributed by atoms with Crippen LogP contribution in [-0.4, -0.2) is 0 Å². The van der Waals surface area contributed by atoms with Gasteiger partial charge in [0.05, 0.1) is 5.41 Å². The van der Waals surface area contributed by atoms with Crippen molar-refractivity contribution >= 4 is 33.3 Å². The molecule has 3 aliphatic rings. The molecule has 1 atom stereocenters. The van der Waals surface area contributed by atoms with Gasteiger partial charge in [-0.05, 0) is 101 Å². The summed E-state index contributed by atoms with van der Waals surface area (Å²) in [6.45, 7) is 0. The van der Waals surface area contributed by atoms with Crippen LogP contribution in [0, 0.1) is 0 Å². The predicted octanol–water partition coefficient (Wildman–Crippen LogP) is 12.1. The van der Waals surface area contributed by atoms with Gasteiger partial charge in [-0.25, -0.2) is 0 Å². The number of rotatable bonds is 1. The fourth-order valence-electron chi connectivity index (χ4n) is 8.83. The van der Waals surface area contributed by atoms with Gasteiger partial charge in [-0.3, -0.25) is 0 Å². The molecule has 0 saturated carbocycles. The summed E-state index contributed by atoms with van der Waals surface area (Å²) in [7, 11) is 0. The minimum Gasteiger partial charge on any atom is -0.0888 e. The zero-order valence-corrected chi connectivity index (χ0v) is 25.7. The Labute approximate surface area is 272 Å². The maximum atomic E-state index is 2.45. The Bertz CT molecular complexity index is 2620. The van der Waals surface area contributed by atoms with E-state index >= 15 is 0 Å². The lowest BCUT2D eigenvalue weighted by molar-refractivity contribution is 0.794. The second kappa shape index (κ2) is 8.88. The van der Waals surface area contributed by atoms with Gasteiger partial charge >= 0.3 is 0 Å². The van der Waals surface area contributed by atoms with Crippen LogP contribution in [0.3, 0.4) is 0 Å². The Hall–Kier alpha value is -5.37. The number of hydrogen-bond donors (Lipinski definition) is 0. The van der Waals surface area contributed by atoms with E-state index in [9.17, 15) is 0 Å². The fourth-order valence-corrected chi connectivity index (χ4v) is 10.0. The molecule has 0 saturated heterocycles. The Morgan fingerprint density at radius 1 is 0.370 bits per heavy atom. The first-order valence-corrected chi connectivity index (χ1v) is 16.8. The van der Waals surface area contributed by atoms with Crippen LogP contribution in [0.15, 0.2) is 168 Å². The average Bonchev–Trinajstić information content (AvgIpc) is 3.59. The molecule has 0 aromatic heterocycles. The van der Waals surface area contributed by atoms with Crippen molar-refractivity contribution in [3.8, 4) is 44.5 Å². The molecule has 0 fully saturated rings. The lowest BCUT2D eigenvalue weighted by Gasteiger charge is -2.30. The summed E-state index contributed by atoms with van der Waals surface area (Å²) in [5.74, 6) is 0. The topological polar surface area (TPSA) is 0 Å². The van der Waals surface area contributed by atoms with Crippen LogP contribution >= 0.6 is 11.8 Å². The zero-order chi connectivity index (χ0) is 30.0. The van der Waals surface area contributed by atoms with Crippen molar-refractivity contribution < 1.29 is 0 Å². The van der Waals surface area contributed by atoms with E-state index in [1.807, 2.05) is 11.8 Å². The van der Waals surface area contributed by atoms with Crippen molar-refractivity contribution in [1.82, 2.24) is 0 Å². The standard InChI is InChI=1S/C45H26S/c1-2-12-31-27(9-1)20-24-40-44(31)35-14-4-6-17-38(35)45(40)37-16-5-3-13-32(37)36-25-29(21-23-39(36)45)30-19-22-33-34-15-7-10-28-11-8-18-41(43(28)34)46-42(33)26-30/h1-26H. The molecule has 0 bridgehead atoms. The smallest absolute Gasteiger partial charge is 0.0725 e. The van der Waals surface area contributed by atoms with Crippen molar-refractivity contribution in [3.63, 3.8) is 0 Å². The Kier molecular flexibility index (Phi) is 4.80. The Morgan fingerprint density at radius 3 is 1.93 bits per heavy atom. The fraction of sp³-hybridized carbons (Fsp3) is 0.0222. The van der Waals surface area contributed by atoms with Crippen LogP contribution in [0.2, 0.25) is 0 Å². The van der Waals surface area contributed by atoms with Crippen LogP contribution in [-0.2, 0) is 5.41 Å². The summed E-state index contributed by atoms with van der Waals surface area (Å²) in [4.78, 5) is 2.67. The lowest BCUT2D eigenvalue weighted by Crippen LogP contribution is -2.25. The molecule has 0 nitrogen and oxygen atoms in total. The largest absolute Gasteiger partial charge is 0.0888 e. The van der Waals surface area contributed by atoms with Crippen molar-refractivity contribution in [2.24, 2.45) is 0 Å². The minimum absolute atomic E-state index is 0.339. The molecular formula is C45H26S. The van der Waals surface area contributed by atoms with Crippen LogP contribution in [0.4, 0.5) is 0 Å².